The van der Waals surface area contributed by atoms with Crippen LogP contribution in [0, 0.1) is 6.92 Å². The van der Waals surface area contributed by atoms with Gasteiger partial charge in [-0.15, -0.1) is 0 Å². The molecule has 1 amide bonds. The van der Waals surface area contributed by atoms with Gasteiger partial charge in [0.1, 0.15) is 24.7 Å². The number of methoxy groups -OCH3 is 2. The standard InChI is InChI=1S/C18H19NO5/c1-11-14(21-2)7-5-13(17(11)22-3)18(20)19-12-4-6-15-16(10-12)24-9-8-23-15/h4-7,10H,8-9H2,1-3H3,(H,19,20). The van der Waals surface area contributed by atoms with E-state index in [4.69, 9.17) is 18.9 Å². The first kappa shape index (κ1) is 16.0. The van der Waals surface area contributed by atoms with Crippen molar-refractivity contribution in [1.29, 1.82) is 0 Å². The molecule has 24 heavy (non-hydrogen) atoms. The van der Waals surface area contributed by atoms with Crippen LogP contribution in [0.4, 0.5) is 5.69 Å². The van der Waals surface area contributed by atoms with E-state index in [1.807, 2.05) is 6.92 Å². The van der Waals surface area contributed by atoms with Gasteiger partial charge in [-0.2, -0.15) is 0 Å². The Morgan fingerprint density at radius 2 is 1.79 bits per heavy atom. The molecule has 1 heterocycles. The van der Waals surface area contributed by atoms with Gasteiger partial charge in [0.25, 0.3) is 5.91 Å². The molecular weight excluding hydrogens is 310 g/mol. The number of fused-ring (bicyclic) bond motifs is 1. The summed E-state index contributed by atoms with van der Waals surface area (Å²) < 4.78 is 21.6. The summed E-state index contributed by atoms with van der Waals surface area (Å²) in [6.07, 6.45) is 0. The van der Waals surface area contributed by atoms with E-state index in [9.17, 15) is 4.79 Å². The van der Waals surface area contributed by atoms with Crippen molar-refractivity contribution in [2.24, 2.45) is 0 Å². The highest BCUT2D eigenvalue weighted by Crippen LogP contribution is 2.34. The van der Waals surface area contributed by atoms with Crippen LogP contribution in [-0.4, -0.2) is 33.3 Å². The van der Waals surface area contributed by atoms with Crippen molar-refractivity contribution < 1.29 is 23.7 Å². The van der Waals surface area contributed by atoms with Crippen molar-refractivity contribution >= 4 is 11.6 Å². The van der Waals surface area contributed by atoms with E-state index < -0.39 is 0 Å². The number of nitrogens with one attached hydrogen (secondary N) is 1. The number of hydrogen-bond donors (Lipinski definition) is 1. The van der Waals surface area contributed by atoms with Gasteiger partial charge in [0, 0.05) is 17.3 Å². The highest BCUT2D eigenvalue weighted by Gasteiger charge is 2.18. The molecule has 0 saturated heterocycles. The van der Waals surface area contributed by atoms with E-state index in [2.05, 4.69) is 5.32 Å². The first-order chi connectivity index (χ1) is 11.6. The zero-order chi connectivity index (χ0) is 17.1. The number of anilines is 1. The van der Waals surface area contributed by atoms with Crippen LogP contribution in [-0.2, 0) is 0 Å². The maximum atomic E-state index is 12.6. The van der Waals surface area contributed by atoms with Gasteiger partial charge in [-0.3, -0.25) is 4.79 Å². The molecular formula is C18H19NO5. The Labute approximate surface area is 140 Å². The number of hydrogen-bond acceptors (Lipinski definition) is 5. The SMILES string of the molecule is COc1ccc(C(=O)Nc2ccc3c(c2)OCCO3)c(OC)c1C. The Morgan fingerprint density at radius 1 is 1.04 bits per heavy atom. The third-order valence-electron chi connectivity index (χ3n) is 3.82. The molecule has 0 bridgehead atoms. The van der Waals surface area contributed by atoms with Gasteiger partial charge in [-0.25, -0.2) is 0 Å². The molecule has 0 atom stereocenters. The average Bonchev–Trinajstić information content (AvgIpc) is 2.61. The van der Waals surface area contributed by atoms with Gasteiger partial charge in [0.05, 0.1) is 19.8 Å². The van der Waals surface area contributed by atoms with Crippen LogP contribution >= 0.6 is 0 Å². The summed E-state index contributed by atoms with van der Waals surface area (Å²) in [4.78, 5) is 12.6. The first-order valence-corrected chi connectivity index (χ1v) is 7.56. The van der Waals surface area contributed by atoms with E-state index in [1.165, 1.54) is 7.11 Å². The van der Waals surface area contributed by atoms with Gasteiger partial charge in [0.15, 0.2) is 11.5 Å². The van der Waals surface area contributed by atoms with Crippen molar-refractivity contribution in [1.82, 2.24) is 0 Å². The fourth-order valence-corrected chi connectivity index (χ4v) is 2.66. The van der Waals surface area contributed by atoms with Crippen molar-refractivity contribution in [2.45, 2.75) is 6.92 Å². The Hall–Kier alpha value is -2.89. The normalized spacial score (nSPS) is 12.5. The molecule has 2 aromatic carbocycles. The predicted octanol–water partition coefficient (Wildman–Crippen LogP) is 3.04. The third kappa shape index (κ3) is 2.95. The molecule has 0 aliphatic carbocycles. The quantitative estimate of drug-likeness (QED) is 0.934. The minimum atomic E-state index is -0.269. The lowest BCUT2D eigenvalue weighted by molar-refractivity contribution is 0.102. The minimum Gasteiger partial charge on any atom is -0.496 e. The molecule has 0 radical (unpaired) electrons. The predicted molar refractivity (Wildman–Crippen MR) is 89.7 cm³/mol. The molecule has 6 nitrogen and oxygen atoms in total. The van der Waals surface area contributed by atoms with Gasteiger partial charge >= 0.3 is 0 Å². The van der Waals surface area contributed by atoms with E-state index in [1.54, 1.807) is 37.4 Å². The van der Waals surface area contributed by atoms with Crippen molar-refractivity contribution in [3.63, 3.8) is 0 Å². The molecule has 1 aliphatic rings. The van der Waals surface area contributed by atoms with Crippen molar-refractivity contribution in [2.75, 3.05) is 32.8 Å². The summed E-state index contributed by atoms with van der Waals surface area (Å²) in [5.74, 6) is 2.19. The molecule has 0 fully saturated rings. The monoisotopic (exact) mass is 329 g/mol. The molecule has 6 heteroatoms. The summed E-state index contributed by atoms with van der Waals surface area (Å²) in [7, 11) is 3.11. The lowest BCUT2D eigenvalue weighted by Gasteiger charge is -2.19. The molecule has 1 aliphatic heterocycles. The summed E-state index contributed by atoms with van der Waals surface area (Å²) in [5, 5.41) is 2.85. The number of amides is 1. The highest BCUT2D eigenvalue weighted by atomic mass is 16.6. The molecule has 0 aromatic heterocycles. The maximum Gasteiger partial charge on any atom is 0.259 e. The van der Waals surface area contributed by atoms with Crippen LogP contribution in [0.2, 0.25) is 0 Å². The van der Waals surface area contributed by atoms with E-state index in [0.29, 0.717) is 47.5 Å². The number of rotatable bonds is 4. The smallest absolute Gasteiger partial charge is 0.259 e. The van der Waals surface area contributed by atoms with Crippen LogP contribution in [0.25, 0.3) is 0 Å². The van der Waals surface area contributed by atoms with E-state index in [-0.39, 0.29) is 5.91 Å². The first-order valence-electron chi connectivity index (χ1n) is 7.56. The van der Waals surface area contributed by atoms with Crippen LogP contribution in [0.1, 0.15) is 15.9 Å². The minimum absolute atomic E-state index is 0.269. The second kappa shape index (κ2) is 6.70. The third-order valence-corrected chi connectivity index (χ3v) is 3.82. The lowest BCUT2D eigenvalue weighted by atomic mass is 10.1. The zero-order valence-electron chi connectivity index (χ0n) is 13.8. The molecule has 0 spiro atoms. The van der Waals surface area contributed by atoms with Crippen LogP contribution < -0.4 is 24.3 Å². The Morgan fingerprint density at radius 3 is 2.50 bits per heavy atom. The molecule has 0 saturated carbocycles. The second-order valence-electron chi connectivity index (χ2n) is 5.29. The van der Waals surface area contributed by atoms with Crippen molar-refractivity contribution in [3.05, 3.63) is 41.5 Å². The summed E-state index contributed by atoms with van der Waals surface area (Å²) in [6.45, 7) is 2.87. The van der Waals surface area contributed by atoms with Crippen molar-refractivity contribution in [3.8, 4) is 23.0 Å². The fraction of sp³-hybridized carbons (Fsp3) is 0.278. The fourth-order valence-electron chi connectivity index (χ4n) is 2.66. The van der Waals surface area contributed by atoms with E-state index in [0.717, 1.165) is 5.56 Å². The number of ether oxygens (including phenoxy) is 4. The lowest BCUT2D eigenvalue weighted by Crippen LogP contribution is -2.17. The number of carbonyl (C=O) groups excluding carboxylic acids is 1. The average molecular weight is 329 g/mol. The zero-order valence-corrected chi connectivity index (χ0v) is 13.8. The summed E-state index contributed by atoms with van der Waals surface area (Å²) in [5.41, 5.74) is 1.83. The second-order valence-corrected chi connectivity index (χ2v) is 5.29. The molecule has 0 unspecified atom stereocenters. The van der Waals surface area contributed by atoms with Gasteiger partial charge in [0.2, 0.25) is 0 Å². The van der Waals surface area contributed by atoms with E-state index >= 15 is 0 Å². The molecule has 1 N–H and O–H groups in total. The van der Waals surface area contributed by atoms with Crippen LogP contribution in [0.15, 0.2) is 30.3 Å². The highest BCUT2D eigenvalue weighted by molar-refractivity contribution is 6.06. The van der Waals surface area contributed by atoms with Crippen LogP contribution in [0.3, 0.4) is 0 Å². The van der Waals surface area contributed by atoms with Gasteiger partial charge in [-0.1, -0.05) is 0 Å². The topological polar surface area (TPSA) is 66.0 Å². The summed E-state index contributed by atoms with van der Waals surface area (Å²) in [6, 6.07) is 8.72. The maximum absolute atomic E-state index is 12.6. The summed E-state index contributed by atoms with van der Waals surface area (Å²) >= 11 is 0. The van der Waals surface area contributed by atoms with Gasteiger partial charge < -0.3 is 24.3 Å². The Balaban J connectivity index is 1.86. The molecule has 2 aromatic rings. The molecule has 3 rings (SSSR count). The number of benzene rings is 2. The van der Waals surface area contributed by atoms with Gasteiger partial charge in [-0.05, 0) is 31.2 Å². The largest absolute Gasteiger partial charge is 0.496 e. The van der Waals surface area contributed by atoms with Crippen LogP contribution in [0.5, 0.6) is 23.0 Å². The Bertz CT molecular complexity index is 772. The number of carbonyl (C=O) groups is 1. The molecule has 126 valence electrons. The Kier molecular flexibility index (Phi) is 4.46.